The predicted molar refractivity (Wildman–Crippen MR) is 253 cm³/mol. The molecule has 0 amide bonds. The fourth-order valence-corrected chi connectivity index (χ4v) is 6.95. The van der Waals surface area contributed by atoms with E-state index in [-0.39, 0.29) is 34.6 Å². The van der Waals surface area contributed by atoms with E-state index in [1.54, 1.807) is 13.8 Å². The minimum Gasteiger partial charge on any atom is -0.493 e. The quantitative estimate of drug-likeness (QED) is 0.0241. The van der Waals surface area contributed by atoms with Crippen molar-refractivity contribution in [2.75, 3.05) is 26.4 Å². The van der Waals surface area contributed by atoms with Gasteiger partial charge in [-0.3, -0.25) is 0 Å². The summed E-state index contributed by atoms with van der Waals surface area (Å²) in [5.41, 5.74) is 0.353. The van der Waals surface area contributed by atoms with E-state index < -0.39 is 23.6 Å². The molecule has 0 saturated carbocycles. The van der Waals surface area contributed by atoms with Crippen molar-refractivity contribution < 1.29 is 56.4 Å². The smallest absolute Gasteiger partial charge is 0.346 e. The maximum absolute atomic E-state index is 14.9. The lowest BCUT2D eigenvalue weighted by atomic mass is 10.1. The van der Waals surface area contributed by atoms with Crippen molar-refractivity contribution in [3.8, 4) is 23.0 Å². The molecular weight excluding hydrogens is 847 g/mol. The molecule has 0 radical (unpaired) electrons. The number of hydrogen-bond donors (Lipinski definition) is 0. The number of carbonyl (C=O) groups excluding carboxylic acids is 4. The fourth-order valence-electron chi connectivity index (χ4n) is 6.95. The van der Waals surface area contributed by atoms with Crippen molar-refractivity contribution in [1.29, 1.82) is 0 Å². The van der Waals surface area contributed by atoms with Gasteiger partial charge in [-0.15, -0.1) is 0 Å². The highest BCUT2D eigenvalue weighted by Crippen LogP contribution is 2.24. The predicted octanol–water partition coefficient (Wildman–Crippen LogP) is 14.0. The molecule has 0 unspecified atom stereocenters. The Bertz CT molecular complexity index is 1800. The molecule has 3 aromatic rings. The molecule has 10 nitrogen and oxygen atoms in total. The normalized spacial score (nSPS) is 10.8. The van der Waals surface area contributed by atoms with Gasteiger partial charge < -0.3 is 28.4 Å². The molecule has 3 rings (SSSR count). The molecule has 12 heteroatoms. The van der Waals surface area contributed by atoms with Gasteiger partial charge in [0, 0.05) is 23.3 Å². The Morgan fingerprint density at radius 2 is 0.652 bits per heavy atom. The first-order valence-corrected chi connectivity index (χ1v) is 24.0. The Labute approximate surface area is 391 Å². The Morgan fingerprint density at radius 1 is 0.394 bits per heavy atom. The number of benzene rings is 3. The van der Waals surface area contributed by atoms with Crippen molar-refractivity contribution in [2.24, 2.45) is 0 Å². The van der Waals surface area contributed by atoms with Crippen LogP contribution in [0.4, 0.5) is 8.78 Å². The van der Waals surface area contributed by atoms with Crippen LogP contribution >= 0.6 is 0 Å². The first-order chi connectivity index (χ1) is 31.9. The minimum absolute atomic E-state index is 0.100. The van der Waals surface area contributed by atoms with Crippen molar-refractivity contribution in [3.63, 3.8) is 0 Å². The summed E-state index contributed by atoms with van der Waals surface area (Å²) in [6, 6.07) is 13.6. The van der Waals surface area contributed by atoms with Crippen LogP contribution in [-0.4, -0.2) is 50.3 Å². The summed E-state index contributed by atoms with van der Waals surface area (Å²) in [6.45, 7) is 12.3. The lowest BCUT2D eigenvalue weighted by Crippen LogP contribution is -2.12. The third-order valence-electron chi connectivity index (χ3n) is 10.8. The summed E-state index contributed by atoms with van der Waals surface area (Å²) in [6.07, 6.45) is 24.0. The van der Waals surface area contributed by atoms with Crippen LogP contribution in [0.25, 0.3) is 0 Å². The molecule has 0 heterocycles. The first kappa shape index (κ1) is 54.8. The highest BCUT2D eigenvalue weighted by atomic mass is 19.1. The molecule has 0 atom stereocenters. The largest absolute Gasteiger partial charge is 0.493 e. The molecule has 0 aliphatic carbocycles. The van der Waals surface area contributed by atoms with Gasteiger partial charge in [0.2, 0.25) is 0 Å². The van der Waals surface area contributed by atoms with Gasteiger partial charge in [-0.1, -0.05) is 129 Å². The van der Waals surface area contributed by atoms with Gasteiger partial charge in [0.15, 0.2) is 0 Å². The van der Waals surface area contributed by atoms with Crippen LogP contribution < -0.4 is 18.9 Å². The summed E-state index contributed by atoms with van der Waals surface area (Å²) >= 11 is 0. The van der Waals surface area contributed by atoms with Crippen LogP contribution in [0.3, 0.4) is 0 Å². The van der Waals surface area contributed by atoms with Crippen LogP contribution in [0, 0.1) is 11.6 Å². The molecule has 0 fully saturated rings. The summed E-state index contributed by atoms with van der Waals surface area (Å²) in [5, 5.41) is 0. The van der Waals surface area contributed by atoms with Crippen LogP contribution in [-0.2, 0) is 19.1 Å². The molecular formula is C54H72F2O10. The van der Waals surface area contributed by atoms with Crippen molar-refractivity contribution in [1.82, 2.24) is 0 Å². The zero-order valence-corrected chi connectivity index (χ0v) is 39.4. The molecule has 0 aromatic heterocycles. The summed E-state index contributed by atoms with van der Waals surface area (Å²) in [5.74, 6) is -3.12. The average Bonchev–Trinajstić information content (AvgIpc) is 3.29. The van der Waals surface area contributed by atoms with E-state index in [0.717, 1.165) is 89.9 Å². The average molecular weight is 919 g/mol. The Hall–Kier alpha value is -5.52. The van der Waals surface area contributed by atoms with Crippen LogP contribution in [0.1, 0.15) is 176 Å². The summed E-state index contributed by atoms with van der Waals surface area (Å²) in [4.78, 5) is 48.2. The van der Waals surface area contributed by atoms with E-state index in [2.05, 4.69) is 13.2 Å². The number of ether oxygens (including phenoxy) is 6. The van der Waals surface area contributed by atoms with Crippen molar-refractivity contribution >= 4 is 23.9 Å². The van der Waals surface area contributed by atoms with Gasteiger partial charge in [0.25, 0.3) is 0 Å². The molecule has 0 aliphatic heterocycles. The van der Waals surface area contributed by atoms with Gasteiger partial charge in [-0.05, 0) is 88.1 Å². The van der Waals surface area contributed by atoms with E-state index in [4.69, 9.17) is 28.4 Å². The van der Waals surface area contributed by atoms with E-state index in [0.29, 0.717) is 49.1 Å². The second kappa shape index (κ2) is 33.0. The molecule has 3 aromatic carbocycles. The van der Waals surface area contributed by atoms with E-state index >= 15 is 0 Å². The number of rotatable bonds is 36. The molecule has 0 saturated heterocycles. The lowest BCUT2D eigenvalue weighted by molar-refractivity contribution is -0.139. The number of esters is 4. The first-order valence-electron chi connectivity index (χ1n) is 24.0. The highest BCUT2D eigenvalue weighted by Gasteiger charge is 2.18. The van der Waals surface area contributed by atoms with Gasteiger partial charge in [0.05, 0.1) is 37.6 Å². The minimum atomic E-state index is -0.900. The van der Waals surface area contributed by atoms with Crippen LogP contribution in [0.15, 0.2) is 85.0 Å². The van der Waals surface area contributed by atoms with Crippen LogP contribution in [0.5, 0.6) is 23.0 Å². The SMILES string of the molecule is C=C(C)C(=O)OCCCCCCCCCCCCCOc1ccc(C(=O)Oc2ccc(OC(=O)c3ccc(OCCCCCCCCCCCCCOC(=O)C(=C)C)cc3F)cc2)c(F)c1. The monoisotopic (exact) mass is 919 g/mol. The third kappa shape index (κ3) is 23.6. The summed E-state index contributed by atoms with van der Waals surface area (Å²) < 4.78 is 62.0. The molecule has 0 aliphatic rings. The van der Waals surface area contributed by atoms with Gasteiger partial charge in [0.1, 0.15) is 34.6 Å². The Kier molecular flexibility index (Phi) is 27.4. The van der Waals surface area contributed by atoms with E-state index in [1.807, 2.05) is 0 Å². The number of halogens is 2. The van der Waals surface area contributed by atoms with E-state index in [1.165, 1.54) is 112 Å². The maximum Gasteiger partial charge on any atom is 0.346 e. The molecule has 0 spiro atoms. The topological polar surface area (TPSA) is 124 Å². The molecule has 66 heavy (non-hydrogen) atoms. The van der Waals surface area contributed by atoms with Gasteiger partial charge >= 0.3 is 23.9 Å². The molecule has 0 N–H and O–H groups in total. The zero-order valence-electron chi connectivity index (χ0n) is 39.4. The Balaban J connectivity index is 1.22. The van der Waals surface area contributed by atoms with Gasteiger partial charge in [-0.2, -0.15) is 0 Å². The maximum atomic E-state index is 14.9. The third-order valence-corrected chi connectivity index (χ3v) is 10.8. The van der Waals surface area contributed by atoms with Crippen molar-refractivity contribution in [2.45, 2.75) is 155 Å². The zero-order chi connectivity index (χ0) is 47.8. The highest BCUT2D eigenvalue weighted by molar-refractivity contribution is 5.92. The van der Waals surface area contributed by atoms with Gasteiger partial charge in [-0.25, -0.2) is 28.0 Å². The van der Waals surface area contributed by atoms with Crippen LogP contribution in [0.2, 0.25) is 0 Å². The second-order valence-corrected chi connectivity index (χ2v) is 16.8. The lowest BCUT2D eigenvalue weighted by Gasteiger charge is -2.10. The number of carbonyl (C=O) groups is 4. The van der Waals surface area contributed by atoms with E-state index in [9.17, 15) is 28.0 Å². The molecule has 362 valence electrons. The standard InChI is InChI=1S/C54H72F2O10/c1-41(2)51(57)63-37-25-21-17-13-9-5-7-11-15-19-23-35-61-45-31-33-47(49(55)39-45)53(59)65-43-27-29-44(30-28-43)66-54(60)48-34-32-46(40-50(48)56)62-36-24-20-16-12-8-6-10-14-18-22-26-38-64-52(58)42(3)4/h27-34,39-40H,1,3,5-26,35-38H2,2,4H3. The molecule has 0 bridgehead atoms. The number of hydrogen-bond acceptors (Lipinski definition) is 10. The fraction of sp³-hybridized carbons (Fsp3) is 0.519. The Morgan fingerprint density at radius 3 is 0.924 bits per heavy atom. The number of unbranched alkanes of at least 4 members (excludes halogenated alkanes) is 20. The summed E-state index contributed by atoms with van der Waals surface area (Å²) in [7, 11) is 0. The van der Waals surface area contributed by atoms with Crippen molar-refractivity contribution in [3.05, 3.63) is 108 Å². The second-order valence-electron chi connectivity index (χ2n) is 16.8.